The molecule has 5 rings (SSSR count). The first-order valence-electron chi connectivity index (χ1n) is 9.71. The van der Waals surface area contributed by atoms with Crippen LogP contribution in [0, 0.1) is 0 Å². The van der Waals surface area contributed by atoms with Crippen LogP contribution in [-0.2, 0) is 7.05 Å². The number of β-amino-alcohol motifs (C(OH)–C–C–N with tert-alkyl or cyclic N) is 1. The minimum absolute atomic E-state index is 0.126. The number of hydrogen-bond donors (Lipinski definition) is 2. The number of rotatable bonds is 4. The normalized spacial score (nSPS) is 13.9. The van der Waals surface area contributed by atoms with Crippen molar-refractivity contribution in [3.05, 3.63) is 66.2 Å². The molecule has 2 amide bonds. The molecule has 0 spiro atoms. The number of aliphatic hydroxyl groups excluding tert-OH is 1. The highest BCUT2D eigenvalue weighted by molar-refractivity contribution is 6.10. The van der Waals surface area contributed by atoms with Gasteiger partial charge < -0.3 is 15.3 Å². The number of carbonyl (C=O) groups excluding carboxylic acids is 2. The van der Waals surface area contributed by atoms with E-state index >= 15 is 0 Å². The lowest BCUT2D eigenvalue weighted by Crippen LogP contribution is -2.53. The van der Waals surface area contributed by atoms with Crippen molar-refractivity contribution in [2.45, 2.75) is 6.10 Å². The van der Waals surface area contributed by atoms with Crippen LogP contribution in [0.3, 0.4) is 0 Å². The molecule has 1 aromatic carbocycles. The summed E-state index contributed by atoms with van der Waals surface area (Å²) in [6, 6.07) is 11.4. The first kappa shape index (κ1) is 18.9. The summed E-state index contributed by atoms with van der Waals surface area (Å²) < 4.78 is 3.12. The van der Waals surface area contributed by atoms with E-state index in [0.29, 0.717) is 11.6 Å². The minimum atomic E-state index is -0.524. The average Bonchev–Trinajstić information content (AvgIpc) is 3.35. The molecule has 10 heteroatoms. The maximum atomic E-state index is 12.9. The van der Waals surface area contributed by atoms with Gasteiger partial charge in [0.25, 0.3) is 11.8 Å². The molecule has 3 aromatic heterocycles. The van der Waals surface area contributed by atoms with E-state index in [1.165, 1.54) is 15.8 Å². The molecule has 156 valence electrons. The highest BCUT2D eigenvalue weighted by Gasteiger charge is 2.33. The van der Waals surface area contributed by atoms with Crippen LogP contribution >= 0.6 is 0 Å². The van der Waals surface area contributed by atoms with Crippen LogP contribution in [0.2, 0.25) is 0 Å². The Morgan fingerprint density at radius 2 is 1.90 bits per heavy atom. The van der Waals surface area contributed by atoms with E-state index < -0.39 is 12.0 Å². The van der Waals surface area contributed by atoms with Crippen molar-refractivity contribution in [3.8, 4) is 11.3 Å². The summed E-state index contributed by atoms with van der Waals surface area (Å²) in [7, 11) is 1.59. The Balaban J connectivity index is 1.39. The van der Waals surface area contributed by atoms with Crippen LogP contribution in [0.5, 0.6) is 0 Å². The van der Waals surface area contributed by atoms with Crippen LogP contribution in [0.25, 0.3) is 17.0 Å². The largest absolute Gasteiger partial charge is 0.389 e. The van der Waals surface area contributed by atoms with Gasteiger partial charge in [0.15, 0.2) is 0 Å². The van der Waals surface area contributed by atoms with Crippen molar-refractivity contribution in [1.29, 1.82) is 0 Å². The molecule has 0 bridgehead atoms. The summed E-state index contributed by atoms with van der Waals surface area (Å²) in [6.07, 6.45) is 4.46. The molecule has 4 aromatic rings. The van der Waals surface area contributed by atoms with Gasteiger partial charge in [-0.3, -0.25) is 18.7 Å². The van der Waals surface area contributed by atoms with Gasteiger partial charge in [0.05, 0.1) is 23.6 Å². The molecule has 10 nitrogen and oxygen atoms in total. The number of hydrogen-bond acceptors (Lipinski definition) is 6. The fourth-order valence-electron chi connectivity index (χ4n) is 3.52. The van der Waals surface area contributed by atoms with E-state index in [0.717, 1.165) is 11.3 Å². The van der Waals surface area contributed by atoms with E-state index in [4.69, 9.17) is 0 Å². The van der Waals surface area contributed by atoms with Crippen molar-refractivity contribution >= 4 is 23.4 Å². The van der Waals surface area contributed by atoms with Crippen LogP contribution < -0.4 is 5.32 Å². The number of amides is 2. The third kappa shape index (κ3) is 3.42. The molecular weight excluding hydrogens is 398 g/mol. The van der Waals surface area contributed by atoms with Crippen molar-refractivity contribution < 1.29 is 14.7 Å². The minimum Gasteiger partial charge on any atom is -0.389 e. The van der Waals surface area contributed by atoms with Crippen molar-refractivity contribution in [2.24, 2.45) is 7.05 Å². The van der Waals surface area contributed by atoms with Gasteiger partial charge in [-0.2, -0.15) is 10.1 Å². The average molecular weight is 417 g/mol. The van der Waals surface area contributed by atoms with Gasteiger partial charge in [0, 0.05) is 38.1 Å². The number of aryl methyl sites for hydroxylation is 1. The predicted octanol–water partition coefficient (Wildman–Crippen LogP) is 1.20. The van der Waals surface area contributed by atoms with Gasteiger partial charge in [0.1, 0.15) is 11.5 Å². The van der Waals surface area contributed by atoms with E-state index in [1.807, 2.05) is 36.5 Å². The standard InChI is InChI=1S/C21H19N7O3/c1-26-18(15(9-22-26)20(31)28-10-14(29)11-28)19(30)24-17-7-8-27-12-16(23-21(27)25-17)13-5-3-2-4-6-13/h2-9,12,14,29H,10-11H2,1H3,(H,23,24,25,30). The van der Waals surface area contributed by atoms with E-state index in [1.54, 1.807) is 23.7 Å². The van der Waals surface area contributed by atoms with Gasteiger partial charge >= 0.3 is 0 Å². The van der Waals surface area contributed by atoms with Gasteiger partial charge in [0.2, 0.25) is 5.78 Å². The summed E-state index contributed by atoms with van der Waals surface area (Å²) in [4.78, 5) is 36.0. The molecule has 0 saturated carbocycles. The summed E-state index contributed by atoms with van der Waals surface area (Å²) in [5.41, 5.74) is 2.04. The quantitative estimate of drug-likeness (QED) is 0.515. The number of fused-ring (bicyclic) bond motifs is 1. The molecule has 1 aliphatic heterocycles. The predicted molar refractivity (Wildman–Crippen MR) is 111 cm³/mol. The number of nitrogens with one attached hydrogen (secondary N) is 1. The monoisotopic (exact) mass is 417 g/mol. The Morgan fingerprint density at radius 1 is 1.13 bits per heavy atom. The van der Waals surface area contributed by atoms with E-state index in [-0.39, 0.29) is 30.3 Å². The Morgan fingerprint density at radius 3 is 2.65 bits per heavy atom. The zero-order chi connectivity index (χ0) is 21.5. The van der Waals surface area contributed by atoms with Crippen molar-refractivity contribution in [3.63, 3.8) is 0 Å². The van der Waals surface area contributed by atoms with Crippen LogP contribution in [0.15, 0.2) is 55.0 Å². The maximum absolute atomic E-state index is 12.9. The van der Waals surface area contributed by atoms with Crippen LogP contribution in [0.4, 0.5) is 5.82 Å². The number of likely N-dealkylation sites (tertiary alicyclic amines) is 1. The maximum Gasteiger partial charge on any atom is 0.275 e. The first-order chi connectivity index (χ1) is 15.0. The Hall–Kier alpha value is -4.05. The third-order valence-electron chi connectivity index (χ3n) is 5.17. The molecule has 1 fully saturated rings. The topological polar surface area (TPSA) is 118 Å². The lowest BCUT2D eigenvalue weighted by molar-refractivity contribution is 0.00582. The van der Waals surface area contributed by atoms with Gasteiger partial charge in [-0.15, -0.1) is 0 Å². The van der Waals surface area contributed by atoms with Crippen LogP contribution in [-0.4, -0.2) is 65.2 Å². The highest BCUT2D eigenvalue weighted by atomic mass is 16.3. The second kappa shape index (κ2) is 7.33. The smallest absolute Gasteiger partial charge is 0.275 e. The number of imidazole rings is 1. The summed E-state index contributed by atoms with van der Waals surface area (Å²) in [6.45, 7) is 0.493. The molecule has 31 heavy (non-hydrogen) atoms. The first-order valence-corrected chi connectivity index (χ1v) is 9.71. The molecule has 1 saturated heterocycles. The fourth-order valence-corrected chi connectivity index (χ4v) is 3.52. The molecule has 0 radical (unpaired) electrons. The second-order valence-electron chi connectivity index (χ2n) is 7.36. The number of aliphatic hydroxyl groups is 1. The molecule has 0 aliphatic carbocycles. The summed E-state index contributed by atoms with van der Waals surface area (Å²) >= 11 is 0. The molecule has 0 unspecified atom stereocenters. The SMILES string of the molecule is Cn1ncc(C(=O)N2CC(O)C2)c1C(=O)Nc1ccn2cc(-c3ccccc3)nc2n1. The number of anilines is 1. The number of aromatic nitrogens is 5. The van der Waals surface area contributed by atoms with Crippen molar-refractivity contribution in [1.82, 2.24) is 29.0 Å². The lowest BCUT2D eigenvalue weighted by Gasteiger charge is -2.35. The Bertz CT molecular complexity index is 1290. The van der Waals surface area contributed by atoms with E-state index in [9.17, 15) is 14.7 Å². The third-order valence-corrected chi connectivity index (χ3v) is 5.17. The zero-order valence-corrected chi connectivity index (χ0v) is 16.6. The van der Waals surface area contributed by atoms with Crippen LogP contribution in [0.1, 0.15) is 20.8 Å². The number of nitrogens with zero attached hydrogens (tertiary/aromatic N) is 6. The summed E-state index contributed by atoms with van der Waals surface area (Å²) in [5, 5.41) is 16.2. The molecule has 2 N–H and O–H groups in total. The Labute approximate surface area is 176 Å². The lowest BCUT2D eigenvalue weighted by atomic mass is 10.1. The zero-order valence-electron chi connectivity index (χ0n) is 16.6. The van der Waals surface area contributed by atoms with Gasteiger partial charge in [-0.25, -0.2) is 4.98 Å². The van der Waals surface area contributed by atoms with Crippen molar-refractivity contribution in [2.75, 3.05) is 18.4 Å². The molecular formula is C21H19N7O3. The highest BCUT2D eigenvalue weighted by Crippen LogP contribution is 2.20. The second-order valence-corrected chi connectivity index (χ2v) is 7.36. The van der Waals surface area contributed by atoms with Gasteiger partial charge in [-0.1, -0.05) is 30.3 Å². The van der Waals surface area contributed by atoms with E-state index in [2.05, 4.69) is 20.4 Å². The number of carbonyl (C=O) groups is 2. The number of benzene rings is 1. The molecule has 0 atom stereocenters. The Kier molecular flexibility index (Phi) is 4.48. The summed E-state index contributed by atoms with van der Waals surface area (Å²) in [5.74, 6) is -0.0990. The molecule has 1 aliphatic rings. The molecule has 4 heterocycles. The fraction of sp³-hybridized carbons (Fsp3) is 0.190. The van der Waals surface area contributed by atoms with Gasteiger partial charge in [-0.05, 0) is 6.07 Å².